The summed E-state index contributed by atoms with van der Waals surface area (Å²) in [5.74, 6) is -0.474. The Hall–Kier alpha value is -5.93. The molecule has 7 N–H and O–H groups in total. The van der Waals surface area contributed by atoms with E-state index in [0.717, 1.165) is 28.0 Å². The van der Waals surface area contributed by atoms with E-state index in [1.54, 1.807) is 58.2 Å². The van der Waals surface area contributed by atoms with Crippen molar-refractivity contribution in [1.29, 1.82) is 0 Å². The first-order valence-electron chi connectivity index (χ1n) is 19.2. The molecular formula is C44H57N5O9S. The largest absolute Gasteiger partial charge is 0.507 e. The van der Waals surface area contributed by atoms with Crippen LogP contribution in [-0.2, 0) is 29.1 Å². The first-order chi connectivity index (χ1) is 27.8. The molecule has 1 heterocycles. The highest BCUT2D eigenvalue weighted by atomic mass is 32.2. The summed E-state index contributed by atoms with van der Waals surface area (Å²) in [6.45, 7) is 15.4. The van der Waals surface area contributed by atoms with Gasteiger partial charge in [-0.2, -0.15) is 0 Å². The summed E-state index contributed by atoms with van der Waals surface area (Å²) in [5, 5.41) is 12.8. The van der Waals surface area contributed by atoms with Gasteiger partial charge < -0.3 is 36.3 Å². The van der Waals surface area contributed by atoms with E-state index in [-0.39, 0.29) is 41.4 Å². The van der Waals surface area contributed by atoms with Gasteiger partial charge in [0.15, 0.2) is 0 Å². The Morgan fingerprint density at radius 1 is 1.03 bits per heavy atom. The number of sulfonamides is 1. The number of rotatable bonds is 13. The summed E-state index contributed by atoms with van der Waals surface area (Å²) in [7, 11) is -2.10. The van der Waals surface area contributed by atoms with Crippen LogP contribution in [0, 0.1) is 18.8 Å². The summed E-state index contributed by atoms with van der Waals surface area (Å²) < 4.78 is 36.0. The van der Waals surface area contributed by atoms with E-state index in [9.17, 15) is 32.7 Å². The number of ether oxygens (including phenoxy) is 2. The molecule has 2 aliphatic rings. The van der Waals surface area contributed by atoms with Gasteiger partial charge in [-0.15, -0.1) is 6.58 Å². The number of carbonyl (C=O) groups excluding carboxylic acids is 4. The van der Waals surface area contributed by atoms with Gasteiger partial charge in [-0.25, -0.2) is 17.9 Å². The second-order valence-electron chi connectivity index (χ2n) is 15.0. The minimum absolute atomic E-state index is 0.101. The molecule has 318 valence electrons. The lowest BCUT2D eigenvalue weighted by molar-refractivity contribution is -0.139. The number of hydrogen-bond donors (Lipinski definition) is 5. The number of amides is 4. The van der Waals surface area contributed by atoms with Crippen LogP contribution in [0.1, 0.15) is 63.1 Å². The smallest absolute Gasteiger partial charge is 0.408 e. The third kappa shape index (κ3) is 14.8. The molecule has 4 amide bonds. The lowest BCUT2D eigenvalue weighted by Gasteiger charge is -2.28. The Labute approximate surface area is 347 Å². The average molecular weight is 832 g/mol. The van der Waals surface area contributed by atoms with Crippen LogP contribution in [0.3, 0.4) is 0 Å². The van der Waals surface area contributed by atoms with Gasteiger partial charge in [-0.05, 0) is 119 Å². The molecule has 1 aliphatic carbocycles. The van der Waals surface area contributed by atoms with E-state index in [1.807, 2.05) is 55.5 Å². The van der Waals surface area contributed by atoms with Gasteiger partial charge in [0.25, 0.3) is 10.0 Å². The van der Waals surface area contributed by atoms with E-state index in [1.165, 1.54) is 17.0 Å². The van der Waals surface area contributed by atoms with E-state index in [4.69, 9.17) is 20.9 Å². The maximum Gasteiger partial charge on any atom is 0.408 e. The highest BCUT2D eigenvalue weighted by molar-refractivity contribution is 7.90. The Morgan fingerprint density at radius 3 is 2.19 bits per heavy atom. The topological polar surface area (TPSA) is 220 Å². The number of primary amides is 1. The zero-order valence-corrected chi connectivity index (χ0v) is 35.2. The minimum atomic E-state index is -3.73. The number of aliphatic hydroxyl groups is 1. The van der Waals surface area contributed by atoms with Crippen molar-refractivity contribution in [3.05, 3.63) is 121 Å². The molecule has 2 fully saturated rings. The zero-order valence-electron chi connectivity index (χ0n) is 34.3. The number of nitrogens with one attached hydrogen (secondary N) is 2. The van der Waals surface area contributed by atoms with Crippen molar-refractivity contribution in [3.8, 4) is 5.75 Å². The van der Waals surface area contributed by atoms with E-state index in [2.05, 4.69) is 23.2 Å². The number of likely N-dealkylation sites (tertiary alicyclic amines) is 1. The Balaban J connectivity index is 0.000000238. The van der Waals surface area contributed by atoms with Crippen molar-refractivity contribution < 1.29 is 42.2 Å². The fourth-order valence-corrected chi connectivity index (χ4v) is 7.12. The van der Waals surface area contributed by atoms with E-state index < -0.39 is 45.6 Å². The number of hydrogen-bond acceptors (Lipinski definition) is 10. The number of allylic oxidation sites excluding steroid dienone is 3. The van der Waals surface area contributed by atoms with Gasteiger partial charge in [-0.1, -0.05) is 61.2 Å². The van der Waals surface area contributed by atoms with Crippen LogP contribution in [0.25, 0.3) is 11.3 Å². The quantitative estimate of drug-likeness (QED) is 0.0811. The molecule has 0 radical (unpaired) electrons. The number of aliphatic hydroxyl groups excluding tert-OH is 1. The Bertz CT molecular complexity index is 2080. The first-order valence-corrected chi connectivity index (χ1v) is 20.6. The molecule has 0 bridgehead atoms. The molecule has 1 saturated carbocycles. The van der Waals surface area contributed by atoms with Crippen LogP contribution in [0.4, 0.5) is 4.79 Å². The van der Waals surface area contributed by atoms with Crippen molar-refractivity contribution in [1.82, 2.24) is 14.9 Å². The highest BCUT2D eigenvalue weighted by Crippen LogP contribution is 2.39. The molecule has 1 aliphatic heterocycles. The van der Waals surface area contributed by atoms with Crippen molar-refractivity contribution in [3.63, 3.8) is 0 Å². The fraction of sp³-hybridized carbons (Fsp3) is 0.364. The molecule has 15 heteroatoms. The monoisotopic (exact) mass is 831 g/mol. The third-order valence-corrected chi connectivity index (χ3v) is 10.6. The number of methoxy groups -OCH3 is 1. The molecule has 1 saturated heterocycles. The van der Waals surface area contributed by atoms with Crippen molar-refractivity contribution in [2.45, 2.75) is 76.0 Å². The van der Waals surface area contributed by atoms with Crippen molar-refractivity contribution in [2.75, 3.05) is 20.2 Å². The molecular weight excluding hydrogens is 775 g/mol. The molecule has 0 spiro atoms. The zero-order chi connectivity index (χ0) is 43.9. The van der Waals surface area contributed by atoms with Crippen LogP contribution in [0.2, 0.25) is 0 Å². The van der Waals surface area contributed by atoms with Gasteiger partial charge in [0.1, 0.15) is 29.2 Å². The lowest BCUT2D eigenvalue weighted by atomic mass is 10.0. The molecule has 4 atom stereocenters. The fourth-order valence-electron chi connectivity index (χ4n) is 6.07. The third-order valence-electron chi connectivity index (χ3n) is 9.24. The number of carbonyl (C=O) groups is 4. The summed E-state index contributed by atoms with van der Waals surface area (Å²) in [6.07, 6.45) is 4.88. The number of nitrogens with zero attached hydrogens (tertiary/aromatic N) is 1. The maximum absolute atomic E-state index is 12.5. The van der Waals surface area contributed by atoms with Crippen LogP contribution < -0.4 is 26.2 Å². The normalized spacial score (nSPS) is 17.7. The average Bonchev–Trinajstić information content (AvgIpc) is 3.83. The Morgan fingerprint density at radius 2 is 1.66 bits per heavy atom. The van der Waals surface area contributed by atoms with Gasteiger partial charge in [0.2, 0.25) is 17.7 Å². The molecule has 3 aromatic carbocycles. The van der Waals surface area contributed by atoms with Gasteiger partial charge in [0, 0.05) is 18.0 Å². The number of nitrogens with two attached hydrogens (primary N) is 2. The number of alkyl carbamates (subject to hydrolysis) is 1. The molecule has 4 unspecified atom stereocenters. The number of benzene rings is 3. The molecule has 3 aromatic rings. The summed E-state index contributed by atoms with van der Waals surface area (Å²) in [4.78, 5) is 48.9. The maximum atomic E-state index is 12.5. The van der Waals surface area contributed by atoms with Crippen molar-refractivity contribution >= 4 is 45.2 Å². The van der Waals surface area contributed by atoms with E-state index >= 15 is 0 Å². The Kier molecular flexibility index (Phi) is 17.5. The lowest BCUT2D eigenvalue weighted by Crippen LogP contribution is -2.53. The number of aryl methyl sites for hydroxylation is 1. The predicted molar refractivity (Wildman–Crippen MR) is 228 cm³/mol. The van der Waals surface area contributed by atoms with Crippen molar-refractivity contribution in [2.24, 2.45) is 23.3 Å². The summed E-state index contributed by atoms with van der Waals surface area (Å²) in [6, 6.07) is 21.8. The predicted octanol–water partition coefficient (Wildman–Crippen LogP) is 5.63. The SMILES string of the molecule is C=C(/C=C(/O)c1ccc(OC)cc1C)c1ccccc1.C=CC1CC1C(=O)NS(=O)(=O)c1ccccc1.CC(C)(C)OC(=O)NC(CCN)C(=O)N1CCCC1C(N)=O. The molecule has 14 nitrogen and oxygen atoms in total. The van der Waals surface area contributed by atoms with Crippen LogP contribution in [0.5, 0.6) is 5.75 Å². The standard InChI is InChI=1S/C18H18O2.C14H26N4O4.C12H13NO3S/c1-13(15-7-5-4-6-8-15)12-18(19)17-10-9-16(20-3)11-14(17)2;1-14(2,3)22-13(21)17-9(6-7-15)12(20)18-8-4-5-10(18)11(16)19;1-2-9-8-11(9)12(14)13-17(15,16)10-6-4-3-5-7-10/h4-12,19H,1H2,2-3H3;9-10H,4-8,15H2,1-3H3,(H2,16,19)(H,17,21);2-7,9,11H,1,8H2,(H,13,14)/b18-12+;;. The molecule has 59 heavy (non-hydrogen) atoms. The minimum Gasteiger partial charge on any atom is -0.507 e. The molecule has 0 aromatic heterocycles. The second-order valence-corrected chi connectivity index (χ2v) is 16.7. The highest BCUT2D eigenvalue weighted by Gasteiger charge is 2.42. The molecule has 5 rings (SSSR count). The second kappa shape index (κ2) is 21.7. The van der Waals surface area contributed by atoms with Crippen LogP contribution in [-0.4, -0.2) is 80.1 Å². The van der Waals surface area contributed by atoms with E-state index in [0.29, 0.717) is 25.8 Å². The van der Waals surface area contributed by atoms with Gasteiger partial charge in [-0.3, -0.25) is 14.4 Å². The van der Waals surface area contributed by atoms with Crippen LogP contribution >= 0.6 is 0 Å². The first kappa shape index (κ1) is 47.4. The summed E-state index contributed by atoms with van der Waals surface area (Å²) >= 11 is 0. The summed E-state index contributed by atoms with van der Waals surface area (Å²) in [5.41, 5.74) is 13.7. The van der Waals surface area contributed by atoms with Gasteiger partial charge in [0.05, 0.1) is 12.0 Å². The van der Waals surface area contributed by atoms with Crippen LogP contribution in [0.15, 0.2) is 109 Å². The van der Waals surface area contributed by atoms with Gasteiger partial charge >= 0.3 is 6.09 Å².